The van der Waals surface area contributed by atoms with Crippen LogP contribution in [0.5, 0.6) is 0 Å². The lowest BCUT2D eigenvalue weighted by atomic mass is 10.1. The number of ether oxygens (including phenoxy) is 1. The van der Waals surface area contributed by atoms with Crippen molar-refractivity contribution in [1.29, 1.82) is 0 Å². The van der Waals surface area contributed by atoms with Crippen molar-refractivity contribution in [2.24, 2.45) is 5.92 Å². The normalized spacial score (nSPS) is 23.9. The van der Waals surface area contributed by atoms with Gasteiger partial charge in [-0.15, -0.1) is 0 Å². The van der Waals surface area contributed by atoms with E-state index in [0.29, 0.717) is 5.92 Å². The molecule has 0 saturated carbocycles. The first-order valence-corrected chi connectivity index (χ1v) is 7.67. The number of rotatable bonds is 6. The molecule has 0 aromatic heterocycles. The van der Waals surface area contributed by atoms with Gasteiger partial charge in [-0.1, -0.05) is 44.2 Å². The van der Waals surface area contributed by atoms with Crippen LogP contribution in [-0.2, 0) is 4.74 Å². The van der Waals surface area contributed by atoms with Crippen molar-refractivity contribution in [3.8, 4) is 0 Å². The summed E-state index contributed by atoms with van der Waals surface area (Å²) in [5.74, 6) is 0.531. The number of hydrogen-bond donors (Lipinski definition) is 0. The third-order valence-corrected chi connectivity index (χ3v) is 3.86. The third-order valence-electron chi connectivity index (χ3n) is 3.86. The molecule has 0 radical (unpaired) electrons. The summed E-state index contributed by atoms with van der Waals surface area (Å²) < 4.78 is 6.29. The van der Waals surface area contributed by atoms with Gasteiger partial charge in [0, 0.05) is 13.1 Å². The minimum Gasteiger partial charge on any atom is -0.354 e. The van der Waals surface area contributed by atoms with E-state index in [1.165, 1.54) is 12.0 Å². The van der Waals surface area contributed by atoms with Crippen LogP contribution in [0.2, 0.25) is 0 Å². The van der Waals surface area contributed by atoms with E-state index in [2.05, 4.69) is 68.1 Å². The maximum atomic E-state index is 6.29. The second-order valence-corrected chi connectivity index (χ2v) is 6.32. The second kappa shape index (κ2) is 7.21. The average molecular weight is 276 g/mol. The van der Waals surface area contributed by atoms with E-state index in [9.17, 15) is 0 Å². The summed E-state index contributed by atoms with van der Waals surface area (Å²) in [4.78, 5) is 4.75. The molecule has 0 aliphatic carbocycles. The van der Waals surface area contributed by atoms with Crippen molar-refractivity contribution in [1.82, 2.24) is 9.80 Å². The Labute approximate surface area is 123 Å². The Bertz CT molecular complexity index is 391. The lowest BCUT2D eigenvalue weighted by Gasteiger charge is -2.26. The summed E-state index contributed by atoms with van der Waals surface area (Å²) in [6.07, 6.45) is 1.67. The van der Waals surface area contributed by atoms with Crippen LogP contribution in [0.1, 0.15) is 31.9 Å². The Morgan fingerprint density at radius 2 is 1.95 bits per heavy atom. The predicted molar refractivity (Wildman–Crippen MR) is 83.6 cm³/mol. The first-order chi connectivity index (χ1) is 9.58. The molecular formula is C17H28N2O. The zero-order valence-corrected chi connectivity index (χ0v) is 13.2. The van der Waals surface area contributed by atoms with Gasteiger partial charge in [-0.2, -0.15) is 0 Å². The monoisotopic (exact) mass is 276 g/mol. The zero-order valence-electron chi connectivity index (χ0n) is 13.2. The van der Waals surface area contributed by atoms with E-state index in [0.717, 1.165) is 19.6 Å². The molecule has 20 heavy (non-hydrogen) atoms. The second-order valence-electron chi connectivity index (χ2n) is 6.32. The highest BCUT2D eigenvalue weighted by Gasteiger charge is 2.34. The van der Waals surface area contributed by atoms with Crippen molar-refractivity contribution in [3.05, 3.63) is 35.9 Å². The van der Waals surface area contributed by atoms with Gasteiger partial charge in [0.2, 0.25) is 0 Å². The molecule has 1 fully saturated rings. The maximum Gasteiger partial charge on any atom is 0.113 e. The Morgan fingerprint density at radius 1 is 1.25 bits per heavy atom. The van der Waals surface area contributed by atoms with Crippen LogP contribution in [0.15, 0.2) is 30.3 Å². The van der Waals surface area contributed by atoms with Gasteiger partial charge in [-0.3, -0.25) is 4.90 Å². The number of nitrogens with zero attached hydrogens (tertiary/aromatic N) is 2. The quantitative estimate of drug-likeness (QED) is 0.794. The van der Waals surface area contributed by atoms with Crippen molar-refractivity contribution in [2.45, 2.75) is 32.6 Å². The highest BCUT2D eigenvalue weighted by Crippen LogP contribution is 2.32. The van der Waals surface area contributed by atoms with Crippen LogP contribution in [0.25, 0.3) is 0 Å². The summed E-state index contributed by atoms with van der Waals surface area (Å²) in [5.41, 5.74) is 1.30. The molecule has 1 aromatic rings. The highest BCUT2D eigenvalue weighted by molar-refractivity contribution is 5.18. The third kappa shape index (κ3) is 4.05. The average Bonchev–Trinajstić information content (AvgIpc) is 2.84. The molecule has 0 N–H and O–H groups in total. The predicted octanol–water partition coefficient (Wildman–Crippen LogP) is 2.99. The van der Waals surface area contributed by atoms with E-state index in [1.54, 1.807) is 0 Å². The maximum absolute atomic E-state index is 6.29. The van der Waals surface area contributed by atoms with Crippen LogP contribution in [-0.4, -0.2) is 49.8 Å². The van der Waals surface area contributed by atoms with Crippen molar-refractivity contribution < 1.29 is 4.74 Å². The molecule has 0 bridgehead atoms. The van der Waals surface area contributed by atoms with E-state index >= 15 is 0 Å². The smallest absolute Gasteiger partial charge is 0.113 e. The SMILES string of the molecule is CC(C)[C@H]1O[C@H](c2ccccc2)CN1CCCN(C)C. The van der Waals surface area contributed by atoms with Gasteiger partial charge in [-0.25, -0.2) is 0 Å². The molecule has 2 rings (SSSR count). The van der Waals surface area contributed by atoms with Gasteiger partial charge >= 0.3 is 0 Å². The molecule has 1 aliphatic rings. The minimum atomic E-state index is 0.225. The number of benzene rings is 1. The van der Waals surface area contributed by atoms with E-state index in [-0.39, 0.29) is 12.3 Å². The number of hydrogen-bond acceptors (Lipinski definition) is 3. The molecule has 3 heteroatoms. The van der Waals surface area contributed by atoms with Crippen LogP contribution in [0, 0.1) is 5.92 Å². The van der Waals surface area contributed by atoms with Gasteiger partial charge in [0.25, 0.3) is 0 Å². The summed E-state index contributed by atoms with van der Waals surface area (Å²) in [6.45, 7) is 7.76. The summed E-state index contributed by atoms with van der Waals surface area (Å²) in [6, 6.07) is 10.6. The Morgan fingerprint density at radius 3 is 2.55 bits per heavy atom. The van der Waals surface area contributed by atoms with Gasteiger partial charge in [0.05, 0.1) is 6.10 Å². The Kier molecular flexibility index (Phi) is 5.58. The first-order valence-electron chi connectivity index (χ1n) is 7.67. The van der Waals surface area contributed by atoms with Gasteiger partial charge in [-0.05, 0) is 38.5 Å². The fourth-order valence-electron chi connectivity index (χ4n) is 2.85. The molecule has 0 amide bonds. The lowest BCUT2D eigenvalue weighted by Crippen LogP contribution is -2.36. The van der Waals surface area contributed by atoms with E-state index in [1.807, 2.05) is 0 Å². The highest BCUT2D eigenvalue weighted by atomic mass is 16.5. The van der Waals surface area contributed by atoms with Crippen LogP contribution < -0.4 is 0 Å². The molecule has 112 valence electrons. The van der Waals surface area contributed by atoms with Gasteiger partial charge < -0.3 is 9.64 Å². The summed E-state index contributed by atoms with van der Waals surface area (Å²) in [5, 5.41) is 0. The zero-order chi connectivity index (χ0) is 14.5. The molecule has 1 aromatic carbocycles. The topological polar surface area (TPSA) is 15.7 Å². The molecule has 1 aliphatic heterocycles. The minimum absolute atomic E-state index is 0.225. The molecule has 3 nitrogen and oxygen atoms in total. The molecular weight excluding hydrogens is 248 g/mol. The fourth-order valence-corrected chi connectivity index (χ4v) is 2.85. The molecule has 1 saturated heterocycles. The molecule has 0 unspecified atom stereocenters. The standard InChI is InChI=1S/C17H28N2O/c1-14(2)17-19(12-8-11-18(3)4)13-16(20-17)15-9-6-5-7-10-15/h5-7,9-10,14,16-17H,8,11-13H2,1-4H3/t16-,17+/m0/s1. The fraction of sp³-hybridized carbons (Fsp3) is 0.647. The molecule has 0 spiro atoms. The first kappa shape index (κ1) is 15.5. The van der Waals surface area contributed by atoms with Crippen molar-refractivity contribution in [2.75, 3.05) is 33.7 Å². The Balaban J connectivity index is 1.96. The van der Waals surface area contributed by atoms with Crippen LogP contribution >= 0.6 is 0 Å². The van der Waals surface area contributed by atoms with Gasteiger partial charge in [0.1, 0.15) is 6.23 Å². The van der Waals surface area contributed by atoms with E-state index < -0.39 is 0 Å². The van der Waals surface area contributed by atoms with Gasteiger partial charge in [0.15, 0.2) is 0 Å². The molecule has 1 heterocycles. The summed E-state index contributed by atoms with van der Waals surface area (Å²) >= 11 is 0. The van der Waals surface area contributed by atoms with Crippen molar-refractivity contribution in [3.63, 3.8) is 0 Å². The van der Waals surface area contributed by atoms with Crippen LogP contribution in [0.3, 0.4) is 0 Å². The summed E-state index contributed by atoms with van der Waals surface area (Å²) in [7, 11) is 4.26. The van der Waals surface area contributed by atoms with Crippen molar-refractivity contribution >= 4 is 0 Å². The Hall–Kier alpha value is -0.900. The largest absolute Gasteiger partial charge is 0.354 e. The van der Waals surface area contributed by atoms with E-state index in [4.69, 9.17) is 4.74 Å². The van der Waals surface area contributed by atoms with Crippen LogP contribution in [0.4, 0.5) is 0 Å². The lowest BCUT2D eigenvalue weighted by molar-refractivity contribution is -0.0315. The molecule has 2 atom stereocenters.